The Morgan fingerprint density at radius 3 is 0.712 bits per heavy atom. The van der Waals surface area contributed by atoms with Crippen molar-refractivity contribution >= 4 is 33.6 Å². The number of phosphoric acid groups is 2. The zero-order valence-corrected chi connectivity index (χ0v) is 71.1. The maximum absolute atomic E-state index is 13.0. The molecule has 0 saturated carbocycles. The Balaban J connectivity index is 4.57. The van der Waals surface area contributed by atoms with Crippen LogP contribution in [-0.4, -0.2) is 95.9 Å². The van der Waals surface area contributed by atoms with Crippen LogP contribution >= 0.6 is 15.6 Å². The maximum atomic E-state index is 13.0. The zero-order chi connectivity index (χ0) is 80.8. The molecule has 5 atom stereocenters. The lowest BCUT2D eigenvalue weighted by Gasteiger charge is -2.21. The SMILES string of the molecule is CC/C=C\C/C=C\C/C=C\C/C=C\C/C=C\C/C=C\CCCCCCC(=O)OCC(COP(=O)(O)OCC(O)COP(=O)(O)OCC(O)COC(=O)CCCCCCCCCCCCCCCCCCC/C=C\C/C=C\C/C=C\C/C=C\C/C=C\CC)OC(=O)CCCCCCCC/C=C\C/C=C\C/C=C\C/C=C\CC. The number of unbranched alkanes of at least 4 members (excludes halogenated alkanes) is 27. The Morgan fingerprint density at radius 2 is 0.450 bits per heavy atom. The summed E-state index contributed by atoms with van der Waals surface area (Å²) in [7, 11) is -9.82. The van der Waals surface area contributed by atoms with Gasteiger partial charge in [-0.1, -0.05) is 338 Å². The summed E-state index contributed by atoms with van der Waals surface area (Å²) in [5, 5.41) is 20.7. The van der Waals surface area contributed by atoms with Gasteiger partial charge in [0.05, 0.1) is 26.4 Å². The van der Waals surface area contributed by atoms with E-state index < -0.39 is 91.5 Å². The summed E-state index contributed by atoms with van der Waals surface area (Å²) < 4.78 is 61.3. The van der Waals surface area contributed by atoms with E-state index in [2.05, 4.69) is 203 Å². The summed E-state index contributed by atoms with van der Waals surface area (Å²) in [6.07, 6.45) is 109. The summed E-state index contributed by atoms with van der Waals surface area (Å²) in [5.74, 6) is -1.62. The normalized spacial score (nSPS) is 14.8. The molecule has 0 saturated heterocycles. The highest BCUT2D eigenvalue weighted by molar-refractivity contribution is 7.47. The van der Waals surface area contributed by atoms with Gasteiger partial charge in [0.1, 0.15) is 25.4 Å². The second-order valence-electron chi connectivity index (χ2n) is 28.2. The van der Waals surface area contributed by atoms with Gasteiger partial charge in [-0.25, -0.2) is 9.13 Å². The molecule has 0 rings (SSSR count). The van der Waals surface area contributed by atoms with Gasteiger partial charge in [-0.15, -0.1) is 0 Å². The van der Waals surface area contributed by atoms with Crippen LogP contribution in [0.2, 0.25) is 0 Å². The van der Waals surface area contributed by atoms with Gasteiger partial charge in [0, 0.05) is 19.3 Å². The molecule has 16 nitrogen and oxygen atoms in total. The van der Waals surface area contributed by atoms with E-state index in [9.17, 15) is 43.5 Å². The van der Waals surface area contributed by atoms with Crippen LogP contribution < -0.4 is 0 Å². The van der Waals surface area contributed by atoms with E-state index in [0.29, 0.717) is 19.3 Å². The number of hydrogen-bond donors (Lipinski definition) is 4. The third-order valence-corrected chi connectivity index (χ3v) is 19.5. The second kappa shape index (κ2) is 84.1. The van der Waals surface area contributed by atoms with Crippen molar-refractivity contribution in [2.45, 2.75) is 347 Å². The predicted octanol–water partition coefficient (Wildman–Crippen LogP) is 26.1. The molecule has 0 amide bonds. The first-order valence-corrected chi connectivity index (χ1v) is 46.1. The van der Waals surface area contributed by atoms with Gasteiger partial charge in [0.2, 0.25) is 0 Å². The molecule has 0 radical (unpaired) electrons. The second-order valence-corrected chi connectivity index (χ2v) is 31.1. The maximum Gasteiger partial charge on any atom is 0.472 e. The largest absolute Gasteiger partial charge is 0.472 e. The molecule has 0 fully saturated rings. The third kappa shape index (κ3) is 85.4. The molecule has 0 bridgehead atoms. The Kier molecular flexibility index (Phi) is 80.0. The van der Waals surface area contributed by atoms with Gasteiger partial charge in [0.15, 0.2) is 6.10 Å². The van der Waals surface area contributed by atoms with Crippen LogP contribution in [0.4, 0.5) is 0 Å². The van der Waals surface area contributed by atoms with E-state index in [4.69, 9.17) is 32.3 Å². The van der Waals surface area contributed by atoms with Crippen LogP contribution in [0.5, 0.6) is 0 Å². The highest BCUT2D eigenvalue weighted by Crippen LogP contribution is 2.45. The van der Waals surface area contributed by atoms with Crippen molar-refractivity contribution in [2.75, 3.05) is 39.6 Å². The predicted molar refractivity (Wildman–Crippen MR) is 463 cm³/mol. The minimum atomic E-state index is -4.95. The molecule has 5 unspecified atom stereocenters. The number of rotatable bonds is 80. The van der Waals surface area contributed by atoms with Gasteiger partial charge in [-0.2, -0.15) is 0 Å². The number of carbonyl (C=O) groups excluding carboxylic acids is 3. The van der Waals surface area contributed by atoms with Gasteiger partial charge < -0.3 is 34.2 Å². The van der Waals surface area contributed by atoms with Gasteiger partial charge >= 0.3 is 33.6 Å². The summed E-state index contributed by atoms with van der Waals surface area (Å²) in [4.78, 5) is 58.8. The lowest BCUT2D eigenvalue weighted by Crippen LogP contribution is -2.30. The number of carbonyl (C=O) groups is 3. The fourth-order valence-corrected chi connectivity index (χ4v) is 12.8. The molecular formula is C93H154O16P2. The molecule has 4 N–H and O–H groups in total. The van der Waals surface area contributed by atoms with Gasteiger partial charge in [0.25, 0.3) is 0 Å². The van der Waals surface area contributed by atoms with E-state index >= 15 is 0 Å². The summed E-state index contributed by atoms with van der Waals surface area (Å²) in [6, 6.07) is 0. The van der Waals surface area contributed by atoms with Crippen molar-refractivity contribution in [1.29, 1.82) is 0 Å². The minimum Gasteiger partial charge on any atom is -0.463 e. The zero-order valence-electron chi connectivity index (χ0n) is 69.3. The molecule has 632 valence electrons. The first-order chi connectivity index (χ1) is 54.2. The molecule has 0 aliphatic heterocycles. The monoisotopic (exact) mass is 1590 g/mol. The van der Waals surface area contributed by atoms with Crippen molar-refractivity contribution in [3.63, 3.8) is 0 Å². The third-order valence-electron chi connectivity index (χ3n) is 17.6. The number of aliphatic hydroxyl groups is 2. The van der Waals surface area contributed by atoms with Crippen molar-refractivity contribution in [3.8, 4) is 0 Å². The molecule has 111 heavy (non-hydrogen) atoms. The van der Waals surface area contributed by atoms with Crippen LogP contribution in [0.3, 0.4) is 0 Å². The van der Waals surface area contributed by atoms with E-state index in [1.165, 1.54) is 89.9 Å². The van der Waals surface area contributed by atoms with Gasteiger partial charge in [-0.05, 0) is 154 Å². The molecule has 0 spiro atoms. The summed E-state index contributed by atoms with van der Waals surface area (Å²) in [6.45, 7) is 2.30. The molecule has 18 heteroatoms. The quantitative estimate of drug-likeness (QED) is 0.0146. The van der Waals surface area contributed by atoms with E-state index in [-0.39, 0.29) is 19.3 Å². The number of aliphatic hydroxyl groups excluding tert-OH is 2. The highest BCUT2D eigenvalue weighted by atomic mass is 31.2. The van der Waals surface area contributed by atoms with Crippen molar-refractivity contribution in [2.24, 2.45) is 0 Å². The van der Waals surface area contributed by atoms with Crippen LogP contribution in [0.15, 0.2) is 182 Å². The highest BCUT2D eigenvalue weighted by Gasteiger charge is 2.29. The summed E-state index contributed by atoms with van der Waals surface area (Å²) >= 11 is 0. The van der Waals surface area contributed by atoms with Crippen LogP contribution in [0, 0.1) is 0 Å². The van der Waals surface area contributed by atoms with Crippen molar-refractivity contribution in [3.05, 3.63) is 182 Å². The molecule has 0 aliphatic carbocycles. The number of phosphoric ester groups is 2. The van der Waals surface area contributed by atoms with Crippen molar-refractivity contribution in [1.82, 2.24) is 0 Å². The molecule has 0 heterocycles. The van der Waals surface area contributed by atoms with Crippen LogP contribution in [-0.2, 0) is 55.8 Å². The fourth-order valence-electron chi connectivity index (χ4n) is 11.2. The van der Waals surface area contributed by atoms with Crippen LogP contribution in [0.25, 0.3) is 0 Å². The van der Waals surface area contributed by atoms with E-state index in [0.717, 1.165) is 180 Å². The average molecular weight is 1590 g/mol. The van der Waals surface area contributed by atoms with Gasteiger partial charge in [-0.3, -0.25) is 32.5 Å². The van der Waals surface area contributed by atoms with E-state index in [1.807, 2.05) is 0 Å². The fraction of sp³-hybridized carbons (Fsp3) is 0.645. The lowest BCUT2D eigenvalue weighted by molar-refractivity contribution is -0.161. The number of allylic oxidation sites excluding steroid dienone is 30. The average Bonchev–Trinajstić information content (AvgIpc) is 0.902. The minimum absolute atomic E-state index is 0.0760. The standard InChI is InChI=1S/C93H154O16P2/c1-4-7-10-13-16-19-22-25-28-31-34-36-38-39-40-41-42-43-44-45-46-47-49-51-53-55-58-61-64-67-70-73-76-79-91(96)103-82-88(94)83-105-110(99,100)106-84-89(95)85-107-111(101,102)108-87-90(109-93(98)81-78-75-72-69-66-63-60-57-52-33-30-27-24-21-18-15-12-9-6-3)86-104-92(97)80-77-74-71-68-65-62-59-56-54-50-48-37-35-32-29-26-23-20-17-14-11-8-5-2/h7-12,16-21,25-30,34-37,39-40,50,52,54,57,59,62,88-90,94-95H,4-6,13-15,22-24,31-33,38,41-49,51,53,55-56,58,60-61,63-87H2,1-3H3,(H,99,100)(H,101,102)/b10-7-,11-8-,12-9-,19-16-,20-17-,21-18-,28-25-,29-26-,30-27-,36-34-,37-35-,40-39-,54-50-,57-52-,62-59-. The van der Waals surface area contributed by atoms with E-state index in [1.54, 1.807) is 0 Å². The molecule has 0 aromatic rings. The molecule has 0 aromatic carbocycles. The van der Waals surface area contributed by atoms with Crippen LogP contribution in [0.1, 0.15) is 329 Å². The smallest absolute Gasteiger partial charge is 0.463 e. The number of esters is 3. The number of hydrogen-bond acceptors (Lipinski definition) is 14. The molecule has 0 aliphatic rings. The Hall–Kier alpha value is -5.35. The first-order valence-electron chi connectivity index (χ1n) is 43.1. The Bertz CT molecular complexity index is 2750. The first kappa shape index (κ1) is 106. The Morgan fingerprint density at radius 1 is 0.252 bits per heavy atom. The molecular weight excluding hydrogens is 1430 g/mol. The Labute approximate surface area is 675 Å². The number of ether oxygens (including phenoxy) is 3. The topological polar surface area (TPSA) is 231 Å². The van der Waals surface area contributed by atoms with Crippen molar-refractivity contribution < 1.29 is 75.8 Å². The lowest BCUT2D eigenvalue weighted by atomic mass is 10.0. The summed E-state index contributed by atoms with van der Waals surface area (Å²) in [5.41, 5.74) is 0. The molecule has 0 aromatic heterocycles.